The lowest BCUT2D eigenvalue weighted by Gasteiger charge is -2.29. The Balaban J connectivity index is 1.57. The Morgan fingerprint density at radius 2 is 1.46 bits per heavy atom. The van der Waals surface area contributed by atoms with Gasteiger partial charge in [0.1, 0.15) is 17.5 Å². The highest BCUT2D eigenvalue weighted by molar-refractivity contribution is 6.23. The number of nitrogens with zero attached hydrogens (tertiary/aromatic N) is 2. The van der Waals surface area contributed by atoms with Crippen LogP contribution >= 0.6 is 0 Å². The highest BCUT2D eigenvalue weighted by Gasteiger charge is 2.45. The number of amides is 4. The topological polar surface area (TPSA) is 96.0 Å². The lowest BCUT2D eigenvalue weighted by molar-refractivity contribution is -0.132. The van der Waals surface area contributed by atoms with Gasteiger partial charge in [-0.25, -0.2) is 9.91 Å². The zero-order valence-corrected chi connectivity index (χ0v) is 20.8. The summed E-state index contributed by atoms with van der Waals surface area (Å²) in [5.41, 5.74) is 3.30. The minimum atomic E-state index is -1.17. The van der Waals surface area contributed by atoms with Crippen molar-refractivity contribution in [2.45, 2.75) is 39.2 Å². The lowest BCUT2D eigenvalue weighted by Crippen LogP contribution is -2.55. The number of rotatable bonds is 8. The van der Waals surface area contributed by atoms with Crippen LogP contribution in [0.5, 0.6) is 11.5 Å². The first kappa shape index (κ1) is 25.6. The van der Waals surface area contributed by atoms with E-state index in [-0.39, 0.29) is 18.2 Å². The van der Waals surface area contributed by atoms with Crippen molar-refractivity contribution in [3.63, 3.8) is 0 Å². The molecule has 3 aromatic carbocycles. The highest BCUT2D eigenvalue weighted by atomic mass is 16.5. The van der Waals surface area contributed by atoms with Crippen molar-refractivity contribution < 1.29 is 23.9 Å². The fourth-order valence-corrected chi connectivity index (χ4v) is 4.24. The zero-order valence-electron chi connectivity index (χ0n) is 20.8. The molecule has 0 aliphatic carbocycles. The first-order chi connectivity index (χ1) is 17.9. The number of hydrazine groups is 1. The Kier molecular flexibility index (Phi) is 7.98. The molecule has 1 heterocycles. The average molecular weight is 500 g/mol. The molecule has 3 aromatic rings. The van der Waals surface area contributed by atoms with Gasteiger partial charge in [-0.3, -0.25) is 24.6 Å². The van der Waals surface area contributed by atoms with E-state index >= 15 is 0 Å². The van der Waals surface area contributed by atoms with Crippen LogP contribution in [0.15, 0.2) is 84.9 Å². The van der Waals surface area contributed by atoms with E-state index in [1.54, 1.807) is 54.6 Å². The van der Waals surface area contributed by atoms with Crippen molar-refractivity contribution in [1.29, 1.82) is 0 Å². The van der Waals surface area contributed by atoms with Gasteiger partial charge in [-0.05, 0) is 61.4 Å². The van der Waals surface area contributed by atoms with E-state index in [0.717, 1.165) is 9.91 Å². The van der Waals surface area contributed by atoms with Crippen LogP contribution in [-0.4, -0.2) is 34.7 Å². The fourth-order valence-electron chi connectivity index (χ4n) is 4.24. The van der Waals surface area contributed by atoms with Gasteiger partial charge in [-0.15, -0.1) is 0 Å². The number of ether oxygens (including phenoxy) is 1. The van der Waals surface area contributed by atoms with Crippen LogP contribution < -0.4 is 15.1 Å². The van der Waals surface area contributed by atoms with E-state index in [4.69, 9.17) is 4.74 Å². The van der Waals surface area contributed by atoms with Crippen molar-refractivity contribution in [2.24, 2.45) is 5.92 Å². The SMILES string of the molecule is CCC(CC)C(=O)NN(C(=O)c1ccccc1)C1CC(=O)N(c2ccc(Oc3ccccc3)cc2)C1=O. The first-order valence-corrected chi connectivity index (χ1v) is 12.3. The minimum absolute atomic E-state index is 0.247. The summed E-state index contributed by atoms with van der Waals surface area (Å²) in [7, 11) is 0. The van der Waals surface area contributed by atoms with Crippen LogP contribution in [-0.2, 0) is 14.4 Å². The molecule has 1 unspecified atom stereocenters. The maximum atomic E-state index is 13.5. The van der Waals surface area contributed by atoms with E-state index in [1.807, 2.05) is 44.2 Å². The smallest absolute Gasteiger partial charge is 0.273 e. The molecule has 0 aromatic heterocycles. The zero-order chi connectivity index (χ0) is 26.4. The Hall–Kier alpha value is -4.46. The summed E-state index contributed by atoms with van der Waals surface area (Å²) < 4.78 is 5.79. The average Bonchev–Trinajstić information content (AvgIpc) is 3.22. The van der Waals surface area contributed by atoms with Gasteiger partial charge in [0.05, 0.1) is 12.1 Å². The molecule has 1 atom stereocenters. The maximum Gasteiger partial charge on any atom is 0.273 e. The Morgan fingerprint density at radius 3 is 2.05 bits per heavy atom. The van der Waals surface area contributed by atoms with Gasteiger partial charge in [0, 0.05) is 11.5 Å². The Bertz CT molecular complexity index is 1260. The van der Waals surface area contributed by atoms with Crippen LogP contribution in [0.4, 0.5) is 5.69 Å². The van der Waals surface area contributed by atoms with Gasteiger partial charge in [0.15, 0.2) is 0 Å². The number of carbonyl (C=O) groups excluding carboxylic acids is 4. The van der Waals surface area contributed by atoms with E-state index in [1.165, 1.54) is 0 Å². The predicted molar refractivity (Wildman–Crippen MR) is 139 cm³/mol. The van der Waals surface area contributed by atoms with Gasteiger partial charge in [0.2, 0.25) is 11.8 Å². The molecular formula is C29H29N3O5. The second-order valence-electron chi connectivity index (χ2n) is 8.73. The number of benzene rings is 3. The standard InChI is InChI=1S/C29H29N3O5/c1-3-20(4-2)27(34)30-32(28(35)21-11-7-5-8-12-21)25-19-26(33)31(29(25)36)22-15-17-24(18-16-22)37-23-13-9-6-10-14-23/h5-18,20,25H,3-4,19H2,1-2H3,(H,30,34). The van der Waals surface area contributed by atoms with Crippen LogP contribution in [0.1, 0.15) is 43.5 Å². The molecule has 4 rings (SSSR count). The minimum Gasteiger partial charge on any atom is -0.457 e. The fraction of sp³-hybridized carbons (Fsp3) is 0.241. The maximum absolute atomic E-state index is 13.5. The summed E-state index contributed by atoms with van der Waals surface area (Å²) in [4.78, 5) is 53.8. The van der Waals surface area contributed by atoms with Crippen LogP contribution in [0.2, 0.25) is 0 Å². The van der Waals surface area contributed by atoms with Gasteiger partial charge >= 0.3 is 0 Å². The summed E-state index contributed by atoms with van der Waals surface area (Å²) in [5, 5.41) is 1.02. The molecule has 0 bridgehead atoms. The number of hydrogen-bond donors (Lipinski definition) is 1. The number of imide groups is 1. The first-order valence-electron chi connectivity index (χ1n) is 12.3. The van der Waals surface area contributed by atoms with Gasteiger partial charge in [-0.2, -0.15) is 0 Å². The van der Waals surface area contributed by atoms with E-state index in [0.29, 0.717) is 35.6 Å². The van der Waals surface area contributed by atoms with Crippen LogP contribution in [0, 0.1) is 5.92 Å². The number of carbonyl (C=O) groups is 4. The molecule has 1 N–H and O–H groups in total. The van der Waals surface area contributed by atoms with Crippen molar-refractivity contribution in [1.82, 2.24) is 10.4 Å². The van der Waals surface area contributed by atoms with Crippen molar-refractivity contribution in [3.8, 4) is 11.5 Å². The molecule has 1 aliphatic heterocycles. The lowest BCUT2D eigenvalue weighted by atomic mass is 10.0. The van der Waals surface area contributed by atoms with Crippen molar-refractivity contribution in [3.05, 3.63) is 90.5 Å². The second-order valence-corrected chi connectivity index (χ2v) is 8.73. The summed E-state index contributed by atoms with van der Waals surface area (Å²) in [6.45, 7) is 3.77. The molecule has 0 radical (unpaired) electrons. The Morgan fingerprint density at radius 1 is 0.892 bits per heavy atom. The van der Waals surface area contributed by atoms with E-state index < -0.39 is 23.8 Å². The molecular weight excluding hydrogens is 470 g/mol. The molecule has 1 fully saturated rings. The summed E-state index contributed by atoms with van der Waals surface area (Å²) in [6.07, 6.45) is 0.913. The molecule has 8 nitrogen and oxygen atoms in total. The molecule has 0 spiro atoms. The van der Waals surface area contributed by atoms with E-state index in [9.17, 15) is 19.2 Å². The van der Waals surface area contributed by atoms with Gasteiger partial charge in [-0.1, -0.05) is 50.2 Å². The van der Waals surface area contributed by atoms with Crippen molar-refractivity contribution in [2.75, 3.05) is 4.90 Å². The molecule has 0 saturated carbocycles. The number of para-hydroxylation sites is 1. The van der Waals surface area contributed by atoms with Crippen LogP contribution in [0.3, 0.4) is 0 Å². The second kappa shape index (κ2) is 11.5. The molecule has 4 amide bonds. The quantitative estimate of drug-likeness (QED) is 0.357. The molecule has 37 heavy (non-hydrogen) atoms. The molecule has 1 aliphatic rings. The predicted octanol–water partition coefficient (Wildman–Crippen LogP) is 4.72. The molecule has 8 heteroatoms. The van der Waals surface area contributed by atoms with Crippen molar-refractivity contribution >= 4 is 29.3 Å². The normalized spacial score (nSPS) is 15.1. The Labute approximate surface area is 215 Å². The third-order valence-corrected chi connectivity index (χ3v) is 6.33. The third-order valence-electron chi connectivity index (χ3n) is 6.33. The molecule has 1 saturated heterocycles. The third kappa shape index (κ3) is 5.69. The number of anilines is 1. The summed E-state index contributed by atoms with van der Waals surface area (Å²) in [6, 6.07) is 23.0. The van der Waals surface area contributed by atoms with Gasteiger partial charge in [0.25, 0.3) is 11.8 Å². The van der Waals surface area contributed by atoms with Crippen LogP contribution in [0.25, 0.3) is 0 Å². The summed E-state index contributed by atoms with van der Waals surface area (Å²) >= 11 is 0. The van der Waals surface area contributed by atoms with Gasteiger partial charge < -0.3 is 4.74 Å². The highest BCUT2D eigenvalue weighted by Crippen LogP contribution is 2.29. The largest absolute Gasteiger partial charge is 0.457 e. The number of nitrogens with one attached hydrogen (secondary N) is 1. The van der Waals surface area contributed by atoms with E-state index in [2.05, 4.69) is 5.43 Å². The number of hydrogen-bond acceptors (Lipinski definition) is 5. The molecule has 190 valence electrons. The monoisotopic (exact) mass is 499 g/mol. The summed E-state index contributed by atoms with van der Waals surface area (Å²) in [5.74, 6) is -1.09.